The average molecular weight is 540 g/mol. The van der Waals surface area contributed by atoms with Crippen molar-refractivity contribution in [3.63, 3.8) is 0 Å². The Hall–Kier alpha value is -3.57. The lowest BCUT2D eigenvalue weighted by molar-refractivity contribution is -0.390. The summed E-state index contributed by atoms with van der Waals surface area (Å²) in [6, 6.07) is 14.9. The first kappa shape index (κ1) is 24.6. The molecule has 0 bridgehead atoms. The topological polar surface area (TPSA) is 111 Å². The molecule has 0 aliphatic carbocycles. The van der Waals surface area contributed by atoms with Gasteiger partial charge in [-0.3, -0.25) is 10.1 Å². The van der Waals surface area contributed by atoms with E-state index in [1.165, 1.54) is 4.68 Å². The molecule has 0 saturated heterocycles. The molecule has 0 aliphatic rings. The maximum absolute atomic E-state index is 13.2. The molecule has 182 valence electrons. The number of para-hydroxylation sites is 2. The van der Waals surface area contributed by atoms with Gasteiger partial charge in [-0.2, -0.15) is 4.68 Å². The highest BCUT2D eigenvalue weighted by atomic mass is 79.9. The number of imidazole rings is 1. The van der Waals surface area contributed by atoms with Crippen molar-refractivity contribution >= 4 is 44.6 Å². The van der Waals surface area contributed by atoms with Gasteiger partial charge in [0.2, 0.25) is 5.95 Å². The van der Waals surface area contributed by atoms with Crippen molar-refractivity contribution in [1.29, 1.82) is 0 Å². The minimum absolute atomic E-state index is 0.248. The van der Waals surface area contributed by atoms with E-state index in [-0.39, 0.29) is 18.3 Å². The van der Waals surface area contributed by atoms with Gasteiger partial charge >= 0.3 is 5.82 Å². The number of anilines is 1. The van der Waals surface area contributed by atoms with Crippen LogP contribution in [0.1, 0.15) is 29.8 Å². The van der Waals surface area contributed by atoms with Gasteiger partial charge in [-0.1, -0.05) is 38.1 Å². The average Bonchev–Trinajstić information content (AvgIpc) is 3.39. The number of nitro groups is 1. The molecule has 2 aromatic heterocycles. The zero-order valence-electron chi connectivity index (χ0n) is 19.5. The Bertz CT molecular complexity index is 1360. The van der Waals surface area contributed by atoms with Gasteiger partial charge in [0, 0.05) is 18.7 Å². The summed E-state index contributed by atoms with van der Waals surface area (Å²) in [5.41, 5.74) is 3.04. The molecule has 1 amide bonds. The second-order valence-electron chi connectivity index (χ2n) is 8.01. The fraction of sp³-hybridized carbons (Fsp3) is 0.292. The number of nitrogens with zero attached hydrogens (tertiary/aromatic N) is 6. The van der Waals surface area contributed by atoms with Crippen molar-refractivity contribution in [2.75, 3.05) is 25.0 Å². The van der Waals surface area contributed by atoms with Crippen LogP contribution >= 0.6 is 15.9 Å². The van der Waals surface area contributed by atoms with Gasteiger partial charge < -0.3 is 19.6 Å². The van der Waals surface area contributed by atoms with Gasteiger partial charge in [0.25, 0.3) is 5.91 Å². The molecule has 0 aliphatic heterocycles. The number of benzene rings is 2. The molecule has 0 spiro atoms. The van der Waals surface area contributed by atoms with E-state index in [0.29, 0.717) is 22.5 Å². The zero-order chi connectivity index (χ0) is 24.9. The molecule has 0 atom stereocenters. The number of rotatable bonds is 10. The van der Waals surface area contributed by atoms with E-state index in [0.717, 1.165) is 36.2 Å². The number of hydrogen-bond acceptors (Lipinski definition) is 6. The first-order valence-electron chi connectivity index (χ1n) is 11.3. The summed E-state index contributed by atoms with van der Waals surface area (Å²) in [4.78, 5) is 30.6. The van der Waals surface area contributed by atoms with Gasteiger partial charge in [0.05, 0.1) is 28.9 Å². The molecular formula is C24H26BrN7O3. The molecule has 2 aromatic carbocycles. The van der Waals surface area contributed by atoms with Crippen LogP contribution in [0.4, 0.5) is 11.8 Å². The third-order valence-electron chi connectivity index (χ3n) is 5.82. The second-order valence-corrected chi connectivity index (χ2v) is 8.87. The van der Waals surface area contributed by atoms with E-state index in [1.54, 1.807) is 24.4 Å². The van der Waals surface area contributed by atoms with Crippen molar-refractivity contribution < 1.29 is 9.72 Å². The number of carbonyl (C=O) groups is 1. The van der Waals surface area contributed by atoms with Crippen molar-refractivity contribution in [3.8, 4) is 0 Å². The molecule has 4 aromatic rings. The number of nitrogens with one attached hydrogen (secondary N) is 1. The molecule has 0 unspecified atom stereocenters. The molecule has 0 radical (unpaired) electrons. The smallest absolute Gasteiger partial charge is 0.358 e. The molecule has 0 fully saturated rings. The molecule has 10 nitrogen and oxygen atoms in total. The number of likely N-dealkylation sites (N-methyl/N-ethyl adjacent to an activating group) is 1. The SMILES string of the molecule is CCN(CC)CCn1c(NC(=O)c2cccc(Cn3cc(Br)c([N+](=O)[O-])n3)c2)nc2ccccc21. The van der Waals surface area contributed by atoms with E-state index >= 15 is 0 Å². The molecule has 11 heteroatoms. The number of hydrogen-bond donors (Lipinski definition) is 1. The van der Waals surface area contributed by atoms with Gasteiger partial charge in [0.1, 0.15) is 4.47 Å². The summed E-state index contributed by atoms with van der Waals surface area (Å²) < 4.78 is 3.81. The van der Waals surface area contributed by atoms with E-state index in [2.05, 4.69) is 50.1 Å². The van der Waals surface area contributed by atoms with Crippen LogP contribution in [0, 0.1) is 10.1 Å². The first-order valence-corrected chi connectivity index (χ1v) is 12.1. The number of fused-ring (bicyclic) bond motifs is 1. The maximum Gasteiger partial charge on any atom is 0.404 e. The maximum atomic E-state index is 13.2. The fourth-order valence-corrected chi connectivity index (χ4v) is 4.40. The Morgan fingerprint density at radius 1 is 1.17 bits per heavy atom. The molecule has 35 heavy (non-hydrogen) atoms. The lowest BCUT2D eigenvalue weighted by Crippen LogP contribution is -2.27. The summed E-state index contributed by atoms with van der Waals surface area (Å²) in [5.74, 6) is -0.0261. The van der Waals surface area contributed by atoms with Crippen molar-refractivity contribution in [2.45, 2.75) is 26.9 Å². The third kappa shape index (κ3) is 5.57. The minimum atomic E-state index is -0.545. The normalized spacial score (nSPS) is 11.3. The largest absolute Gasteiger partial charge is 0.404 e. The van der Waals surface area contributed by atoms with Gasteiger partial charge in [-0.25, -0.2) is 4.98 Å². The fourth-order valence-electron chi connectivity index (χ4n) is 3.94. The minimum Gasteiger partial charge on any atom is -0.358 e. The lowest BCUT2D eigenvalue weighted by atomic mass is 10.1. The number of amides is 1. The summed E-state index contributed by atoms with van der Waals surface area (Å²) in [6.45, 7) is 8.00. The molecule has 0 saturated carbocycles. The molecule has 1 N–H and O–H groups in total. The second kappa shape index (κ2) is 10.8. The Kier molecular flexibility index (Phi) is 7.57. The van der Waals surface area contributed by atoms with Crippen LogP contribution in [0.15, 0.2) is 59.2 Å². The summed E-state index contributed by atoms with van der Waals surface area (Å²) >= 11 is 3.16. The van der Waals surface area contributed by atoms with Crippen molar-refractivity contribution in [3.05, 3.63) is 80.4 Å². The first-order chi connectivity index (χ1) is 16.9. The number of carbonyl (C=O) groups excluding carboxylic acids is 1. The van der Waals surface area contributed by atoms with Crippen molar-refractivity contribution in [2.24, 2.45) is 0 Å². The molecule has 4 rings (SSSR count). The zero-order valence-corrected chi connectivity index (χ0v) is 21.1. The predicted octanol–water partition coefficient (Wildman–Crippen LogP) is 4.55. The van der Waals surface area contributed by atoms with E-state index in [1.807, 2.05) is 34.9 Å². The van der Waals surface area contributed by atoms with Crippen LogP contribution in [0.25, 0.3) is 11.0 Å². The number of halogens is 1. The molecule has 2 heterocycles. The highest BCUT2D eigenvalue weighted by Crippen LogP contribution is 2.23. The third-order valence-corrected chi connectivity index (χ3v) is 6.38. The van der Waals surface area contributed by atoms with Crippen LogP contribution in [-0.4, -0.2) is 54.7 Å². The predicted molar refractivity (Wildman–Crippen MR) is 138 cm³/mol. The summed E-state index contributed by atoms with van der Waals surface area (Å²) in [5, 5.41) is 18.0. The van der Waals surface area contributed by atoms with Crippen molar-refractivity contribution in [1.82, 2.24) is 24.2 Å². The van der Waals surface area contributed by atoms with Gasteiger partial charge in [-0.05, 0) is 63.8 Å². The van der Waals surface area contributed by atoms with Crippen LogP contribution in [0.2, 0.25) is 0 Å². The Morgan fingerprint density at radius 2 is 1.94 bits per heavy atom. The van der Waals surface area contributed by atoms with Gasteiger partial charge in [0.15, 0.2) is 0 Å². The highest BCUT2D eigenvalue weighted by Gasteiger charge is 2.19. The Morgan fingerprint density at radius 3 is 2.66 bits per heavy atom. The lowest BCUT2D eigenvalue weighted by Gasteiger charge is -2.19. The molecular weight excluding hydrogens is 514 g/mol. The van der Waals surface area contributed by atoms with Crippen LogP contribution in [0.5, 0.6) is 0 Å². The van der Waals surface area contributed by atoms with E-state index in [9.17, 15) is 14.9 Å². The summed E-state index contributed by atoms with van der Waals surface area (Å²) in [6.07, 6.45) is 1.54. The standard InChI is InChI=1S/C24H26BrN7O3/c1-3-29(4-2)12-13-31-21-11-6-5-10-20(21)26-24(31)27-23(33)18-9-7-8-17(14-18)15-30-16-19(25)22(28-30)32(34)35/h5-11,14,16H,3-4,12-13,15H2,1-2H3,(H,26,27,33). The highest BCUT2D eigenvalue weighted by molar-refractivity contribution is 9.10. The van der Waals surface area contributed by atoms with E-state index in [4.69, 9.17) is 0 Å². The van der Waals surface area contributed by atoms with Crippen LogP contribution in [-0.2, 0) is 13.1 Å². The van der Waals surface area contributed by atoms with Crippen LogP contribution < -0.4 is 5.32 Å². The number of aromatic nitrogens is 4. The Labute approximate surface area is 210 Å². The van der Waals surface area contributed by atoms with Crippen LogP contribution in [0.3, 0.4) is 0 Å². The Balaban J connectivity index is 1.55. The quantitative estimate of drug-likeness (QED) is 0.234. The summed E-state index contributed by atoms with van der Waals surface area (Å²) in [7, 11) is 0. The van der Waals surface area contributed by atoms with Gasteiger partial charge in [-0.15, -0.1) is 0 Å². The van der Waals surface area contributed by atoms with E-state index < -0.39 is 4.92 Å². The monoisotopic (exact) mass is 539 g/mol.